The van der Waals surface area contributed by atoms with Crippen LogP contribution in [0.4, 0.5) is 28.4 Å². The van der Waals surface area contributed by atoms with Gasteiger partial charge in [0.05, 0.1) is 47.3 Å². The van der Waals surface area contributed by atoms with Crippen LogP contribution in [0, 0.1) is 23.0 Å². The van der Waals surface area contributed by atoms with Crippen LogP contribution in [-0.4, -0.2) is 100 Å². The van der Waals surface area contributed by atoms with Crippen LogP contribution >= 0.6 is 11.3 Å². The van der Waals surface area contributed by atoms with Crippen molar-refractivity contribution in [2.24, 2.45) is 0 Å². The van der Waals surface area contributed by atoms with Crippen molar-refractivity contribution in [3.63, 3.8) is 0 Å². The SMILES string of the molecule is CN1CC(F)(F)C[C@H]1COc1nc(N2C3CCC2CN(CCCO)C3)c2c3c(c(-c4ncc(F)c5sc(N)c(C#N)c45)c(F)c2n1)COC3. The molecule has 0 amide bonds. The van der Waals surface area contributed by atoms with Crippen LogP contribution in [-0.2, 0) is 18.0 Å². The number of halogens is 4. The Morgan fingerprint density at radius 3 is 2.61 bits per heavy atom. The van der Waals surface area contributed by atoms with Gasteiger partial charge in [0, 0.05) is 61.7 Å². The number of aliphatic hydroxyl groups is 1. The van der Waals surface area contributed by atoms with Crippen molar-refractivity contribution < 1.29 is 32.1 Å². The summed E-state index contributed by atoms with van der Waals surface area (Å²) in [6.45, 7) is 1.98. The maximum absolute atomic E-state index is 17.3. The standard InChI is InChI=1S/C33H34F4N8O3S/c1-43-15-33(36,37)7-18(43)12-48-32-41-28-25(31(42-32)45-16-3-4-17(45)11-44(10-16)5-2-6-46)21-14-47-13-20(21)23(26(28)35)27-24-19(8-38)30(39)49-29(24)22(34)9-40-27/h9,16-18,46H,2-7,10-15,39H2,1H3/t16?,17?,18-/m0/s1. The lowest BCUT2D eigenvalue weighted by atomic mass is 9.93. The highest BCUT2D eigenvalue weighted by Gasteiger charge is 2.45. The van der Waals surface area contributed by atoms with Gasteiger partial charge in [0.2, 0.25) is 0 Å². The van der Waals surface area contributed by atoms with Crippen LogP contribution < -0.4 is 15.4 Å². The number of ether oxygens (including phenoxy) is 2. The number of pyridine rings is 1. The monoisotopic (exact) mass is 698 g/mol. The maximum Gasteiger partial charge on any atom is 0.319 e. The van der Waals surface area contributed by atoms with Gasteiger partial charge in [0.25, 0.3) is 5.92 Å². The molecule has 0 saturated carbocycles. The zero-order chi connectivity index (χ0) is 34.2. The van der Waals surface area contributed by atoms with E-state index in [4.69, 9.17) is 20.2 Å². The summed E-state index contributed by atoms with van der Waals surface area (Å²) in [5.41, 5.74) is 7.29. The van der Waals surface area contributed by atoms with E-state index in [1.807, 2.05) is 6.07 Å². The molecule has 0 spiro atoms. The minimum absolute atomic E-state index is 0.00897. The van der Waals surface area contributed by atoms with Crippen molar-refractivity contribution in [1.82, 2.24) is 24.8 Å². The summed E-state index contributed by atoms with van der Waals surface area (Å²) in [5, 5.41) is 20.0. The molecule has 4 aromatic rings. The van der Waals surface area contributed by atoms with Gasteiger partial charge in [0.1, 0.15) is 29.0 Å². The quantitative estimate of drug-likeness (QED) is 0.253. The van der Waals surface area contributed by atoms with Crippen LogP contribution in [0.1, 0.15) is 42.4 Å². The van der Waals surface area contributed by atoms with Gasteiger partial charge >= 0.3 is 6.01 Å². The molecule has 8 rings (SSSR count). The van der Waals surface area contributed by atoms with Crippen LogP contribution in [0.5, 0.6) is 6.01 Å². The Hall–Kier alpha value is -3.88. The number of anilines is 2. The average Bonchev–Trinajstić information content (AvgIpc) is 3.81. The number of benzene rings is 1. The summed E-state index contributed by atoms with van der Waals surface area (Å²) < 4.78 is 72.7. The predicted octanol–water partition coefficient (Wildman–Crippen LogP) is 4.42. The molecule has 3 N–H and O–H groups in total. The van der Waals surface area contributed by atoms with Crippen LogP contribution in [0.15, 0.2) is 6.20 Å². The van der Waals surface area contributed by atoms with Crippen molar-refractivity contribution in [2.75, 3.05) is 57.1 Å². The van der Waals surface area contributed by atoms with E-state index < -0.39 is 30.1 Å². The fourth-order valence-corrected chi connectivity index (χ4v) is 9.03. The number of hydrogen-bond acceptors (Lipinski definition) is 12. The molecule has 0 aliphatic carbocycles. The molecule has 3 saturated heterocycles. The van der Waals surface area contributed by atoms with Gasteiger partial charge in [-0.15, -0.1) is 11.3 Å². The van der Waals surface area contributed by atoms with Crippen molar-refractivity contribution in [2.45, 2.75) is 62.9 Å². The zero-order valence-corrected chi connectivity index (χ0v) is 27.5. The highest BCUT2D eigenvalue weighted by Crippen LogP contribution is 2.48. The van der Waals surface area contributed by atoms with Gasteiger partial charge in [-0.3, -0.25) is 14.8 Å². The Bertz CT molecular complexity index is 2010. The third-order valence-corrected chi connectivity index (χ3v) is 11.3. The molecule has 3 fully saturated rings. The Balaban J connectivity index is 1.31. The summed E-state index contributed by atoms with van der Waals surface area (Å²) in [6, 6.07) is 1.38. The molecule has 0 radical (unpaired) electrons. The second-order valence-corrected chi connectivity index (χ2v) is 14.4. The van der Waals surface area contributed by atoms with Gasteiger partial charge in [-0.25, -0.2) is 17.6 Å². The predicted molar refractivity (Wildman–Crippen MR) is 175 cm³/mol. The molecule has 7 heterocycles. The minimum Gasteiger partial charge on any atom is -0.462 e. The average molecular weight is 699 g/mol. The second-order valence-electron chi connectivity index (χ2n) is 13.4. The number of likely N-dealkylation sites (N-methyl/N-ethyl adjacent to an activating group) is 1. The highest BCUT2D eigenvalue weighted by molar-refractivity contribution is 7.23. The molecule has 4 aliphatic rings. The molecule has 16 heteroatoms. The molecule has 2 unspecified atom stereocenters. The number of rotatable bonds is 8. The van der Waals surface area contributed by atoms with E-state index in [1.54, 1.807) is 7.05 Å². The summed E-state index contributed by atoms with van der Waals surface area (Å²) >= 11 is 0.895. The highest BCUT2D eigenvalue weighted by atomic mass is 32.1. The van der Waals surface area contributed by atoms with E-state index in [0.717, 1.165) is 50.0 Å². The molecule has 49 heavy (non-hydrogen) atoms. The van der Waals surface area contributed by atoms with E-state index in [9.17, 15) is 23.5 Å². The van der Waals surface area contributed by atoms with Crippen LogP contribution in [0.3, 0.4) is 0 Å². The van der Waals surface area contributed by atoms with E-state index in [0.29, 0.717) is 28.8 Å². The topological polar surface area (TPSA) is 137 Å². The van der Waals surface area contributed by atoms with Gasteiger partial charge in [-0.1, -0.05) is 0 Å². The number of fused-ring (bicyclic) bond motifs is 6. The van der Waals surface area contributed by atoms with Gasteiger partial charge < -0.3 is 25.2 Å². The first-order valence-corrected chi connectivity index (χ1v) is 17.1. The van der Waals surface area contributed by atoms with Crippen molar-refractivity contribution >= 4 is 43.1 Å². The number of aliphatic hydroxyl groups excluding tert-OH is 1. The number of nitrogens with two attached hydrogens (primary N) is 1. The number of likely N-dealkylation sites (tertiary alicyclic amines) is 2. The smallest absolute Gasteiger partial charge is 0.319 e. The number of alkyl halides is 2. The van der Waals surface area contributed by atoms with E-state index in [1.165, 1.54) is 4.90 Å². The van der Waals surface area contributed by atoms with Crippen molar-refractivity contribution in [3.8, 4) is 23.3 Å². The normalized spacial score (nSPS) is 23.5. The second kappa shape index (κ2) is 12.2. The lowest BCUT2D eigenvalue weighted by molar-refractivity contribution is 0.0136. The Kier molecular flexibility index (Phi) is 8.03. The van der Waals surface area contributed by atoms with Gasteiger partial charge in [0.15, 0.2) is 11.6 Å². The fourth-order valence-electron chi connectivity index (χ4n) is 8.11. The van der Waals surface area contributed by atoms with E-state index in [-0.39, 0.29) is 88.4 Å². The maximum atomic E-state index is 17.3. The molecule has 3 atom stereocenters. The molecule has 1 aromatic carbocycles. The molecular weight excluding hydrogens is 664 g/mol. The third kappa shape index (κ3) is 5.34. The molecular formula is C33H34F4N8O3S. The number of hydrogen-bond donors (Lipinski definition) is 2. The molecule has 11 nitrogen and oxygen atoms in total. The van der Waals surface area contributed by atoms with E-state index >= 15 is 4.39 Å². The third-order valence-electron chi connectivity index (χ3n) is 10.3. The Labute approximate surface area is 282 Å². The van der Waals surface area contributed by atoms with Gasteiger partial charge in [-0.05, 0) is 37.4 Å². The number of nitrogens with zero attached hydrogens (tertiary/aromatic N) is 7. The number of nitrogen functional groups attached to an aromatic ring is 1. The lowest BCUT2D eigenvalue weighted by Crippen LogP contribution is -2.54. The minimum atomic E-state index is -2.85. The summed E-state index contributed by atoms with van der Waals surface area (Å²) in [4.78, 5) is 19.8. The molecule has 3 aromatic heterocycles. The number of thiophene rings is 1. The van der Waals surface area contributed by atoms with Crippen molar-refractivity contribution in [3.05, 3.63) is 34.5 Å². The Morgan fingerprint density at radius 1 is 1.16 bits per heavy atom. The largest absolute Gasteiger partial charge is 0.462 e. The van der Waals surface area contributed by atoms with E-state index in [2.05, 4.69) is 19.8 Å². The number of nitriles is 1. The first-order chi connectivity index (χ1) is 23.6. The van der Waals surface area contributed by atoms with Gasteiger partial charge in [-0.2, -0.15) is 15.2 Å². The van der Waals surface area contributed by atoms with Crippen LogP contribution in [0.25, 0.3) is 32.2 Å². The first-order valence-electron chi connectivity index (χ1n) is 16.3. The first kappa shape index (κ1) is 32.3. The molecule has 4 aliphatic heterocycles. The zero-order valence-electron chi connectivity index (χ0n) is 26.7. The lowest BCUT2D eigenvalue weighted by Gasteiger charge is -2.42. The molecule has 2 bridgehead atoms. The van der Waals surface area contributed by atoms with Crippen molar-refractivity contribution in [1.29, 1.82) is 5.26 Å². The van der Waals surface area contributed by atoms with Crippen LogP contribution in [0.2, 0.25) is 0 Å². The Morgan fingerprint density at radius 2 is 1.92 bits per heavy atom. The fraction of sp³-hybridized carbons (Fsp3) is 0.515. The summed E-state index contributed by atoms with van der Waals surface area (Å²) in [5.74, 6) is -3.81. The number of piperazine rings is 1. The molecule has 258 valence electrons. The summed E-state index contributed by atoms with van der Waals surface area (Å²) in [7, 11) is 1.61. The number of aromatic nitrogens is 3. The summed E-state index contributed by atoms with van der Waals surface area (Å²) in [6.07, 6.45) is 3.04.